The van der Waals surface area contributed by atoms with Crippen LogP contribution in [0.3, 0.4) is 0 Å². The van der Waals surface area contributed by atoms with E-state index < -0.39 is 0 Å². The van der Waals surface area contributed by atoms with Crippen molar-refractivity contribution in [2.45, 2.75) is 26.7 Å². The first-order chi connectivity index (χ1) is 5.55. The van der Waals surface area contributed by atoms with Crippen LogP contribution >= 0.6 is 0 Å². The number of carbonyl (C=O) groups excluding carboxylic acids is 1. The average molecular weight is 170 g/mol. The van der Waals surface area contributed by atoms with Gasteiger partial charge in [0, 0.05) is 26.1 Å². The first-order valence-electron chi connectivity index (χ1n) is 4.53. The Morgan fingerprint density at radius 2 is 2.25 bits per heavy atom. The molecule has 1 rings (SSSR count). The number of nitrogens with zero attached hydrogens (tertiary/aromatic N) is 1. The molecule has 0 aliphatic carbocycles. The summed E-state index contributed by atoms with van der Waals surface area (Å²) in [5.41, 5.74) is 5.63. The lowest BCUT2D eigenvalue weighted by molar-refractivity contribution is -0.130. The summed E-state index contributed by atoms with van der Waals surface area (Å²) in [6.07, 6.45) is 1.61. The molecule has 0 atom stereocenters. The molecule has 70 valence electrons. The molecule has 3 heteroatoms. The zero-order chi connectivity index (χ0) is 9.19. The van der Waals surface area contributed by atoms with E-state index in [-0.39, 0.29) is 5.91 Å². The van der Waals surface area contributed by atoms with Crippen LogP contribution in [0.4, 0.5) is 0 Å². The normalized spacial score (nSPS) is 21.4. The topological polar surface area (TPSA) is 46.3 Å². The lowest BCUT2D eigenvalue weighted by atomic mass is 9.93. The van der Waals surface area contributed by atoms with Gasteiger partial charge in [-0.15, -0.1) is 0 Å². The standard InChI is InChI=1S/C9H18N2O/c1-9(2)4-6-11(7-9)8(12)3-5-10/h3-7,10H2,1-2H3. The van der Waals surface area contributed by atoms with Gasteiger partial charge in [0.25, 0.3) is 0 Å². The van der Waals surface area contributed by atoms with Gasteiger partial charge in [0.2, 0.25) is 5.91 Å². The Kier molecular flexibility index (Phi) is 2.73. The van der Waals surface area contributed by atoms with Gasteiger partial charge in [0.1, 0.15) is 0 Å². The second-order valence-electron chi connectivity index (χ2n) is 4.27. The molecule has 1 aliphatic rings. The van der Waals surface area contributed by atoms with Crippen LogP contribution in [-0.2, 0) is 4.79 Å². The molecule has 0 bridgehead atoms. The van der Waals surface area contributed by atoms with Crippen molar-refractivity contribution < 1.29 is 4.79 Å². The van der Waals surface area contributed by atoms with Crippen LogP contribution in [0, 0.1) is 5.41 Å². The maximum Gasteiger partial charge on any atom is 0.223 e. The number of carbonyl (C=O) groups is 1. The van der Waals surface area contributed by atoms with Crippen LogP contribution in [0.2, 0.25) is 0 Å². The number of hydrogen-bond donors (Lipinski definition) is 1. The van der Waals surface area contributed by atoms with E-state index in [0.29, 0.717) is 18.4 Å². The van der Waals surface area contributed by atoms with Crippen molar-refractivity contribution in [2.75, 3.05) is 19.6 Å². The zero-order valence-electron chi connectivity index (χ0n) is 7.97. The number of nitrogens with two attached hydrogens (primary N) is 1. The Hall–Kier alpha value is -0.570. The molecule has 0 aromatic carbocycles. The highest BCUT2D eigenvalue weighted by atomic mass is 16.2. The van der Waals surface area contributed by atoms with Crippen LogP contribution < -0.4 is 5.73 Å². The fourth-order valence-corrected chi connectivity index (χ4v) is 1.61. The molecule has 3 nitrogen and oxygen atoms in total. The van der Waals surface area contributed by atoms with E-state index in [9.17, 15) is 4.79 Å². The Bertz CT molecular complexity index is 177. The Morgan fingerprint density at radius 1 is 1.58 bits per heavy atom. The summed E-state index contributed by atoms with van der Waals surface area (Å²) in [4.78, 5) is 13.3. The third-order valence-electron chi connectivity index (χ3n) is 2.39. The third kappa shape index (κ3) is 2.21. The summed E-state index contributed by atoms with van der Waals surface area (Å²) >= 11 is 0. The van der Waals surface area contributed by atoms with Crippen molar-refractivity contribution in [2.24, 2.45) is 11.1 Å². The van der Waals surface area contributed by atoms with E-state index in [1.54, 1.807) is 0 Å². The smallest absolute Gasteiger partial charge is 0.223 e. The Morgan fingerprint density at radius 3 is 2.67 bits per heavy atom. The first-order valence-corrected chi connectivity index (χ1v) is 4.53. The summed E-state index contributed by atoms with van der Waals surface area (Å²) in [6.45, 7) is 6.67. The molecule has 1 heterocycles. The van der Waals surface area contributed by atoms with E-state index in [1.165, 1.54) is 0 Å². The predicted molar refractivity (Wildman–Crippen MR) is 48.6 cm³/mol. The molecule has 0 radical (unpaired) electrons. The molecule has 2 N–H and O–H groups in total. The van der Waals surface area contributed by atoms with Gasteiger partial charge in [-0.05, 0) is 11.8 Å². The highest BCUT2D eigenvalue weighted by Gasteiger charge is 2.31. The van der Waals surface area contributed by atoms with Gasteiger partial charge in [-0.3, -0.25) is 4.79 Å². The van der Waals surface area contributed by atoms with E-state index >= 15 is 0 Å². The van der Waals surface area contributed by atoms with Crippen molar-refractivity contribution >= 4 is 5.91 Å². The minimum atomic E-state index is 0.211. The fourth-order valence-electron chi connectivity index (χ4n) is 1.61. The van der Waals surface area contributed by atoms with E-state index in [2.05, 4.69) is 13.8 Å². The maximum atomic E-state index is 11.4. The number of rotatable bonds is 2. The molecule has 0 saturated carbocycles. The molecule has 1 saturated heterocycles. The Labute approximate surface area is 73.9 Å². The molecule has 1 aliphatic heterocycles. The highest BCUT2D eigenvalue weighted by Crippen LogP contribution is 2.28. The molecule has 0 aromatic heterocycles. The minimum Gasteiger partial charge on any atom is -0.342 e. The summed E-state index contributed by atoms with van der Waals surface area (Å²) in [5.74, 6) is 0.211. The van der Waals surface area contributed by atoms with Gasteiger partial charge in [0.05, 0.1) is 0 Å². The largest absolute Gasteiger partial charge is 0.342 e. The minimum absolute atomic E-state index is 0.211. The lowest BCUT2D eigenvalue weighted by Gasteiger charge is -2.19. The van der Waals surface area contributed by atoms with Crippen molar-refractivity contribution in [3.8, 4) is 0 Å². The average Bonchev–Trinajstić information content (AvgIpc) is 2.31. The fraction of sp³-hybridized carbons (Fsp3) is 0.889. The van der Waals surface area contributed by atoms with E-state index in [0.717, 1.165) is 19.5 Å². The SMILES string of the molecule is CC1(C)CCN(C(=O)CCN)C1. The van der Waals surface area contributed by atoms with E-state index in [1.807, 2.05) is 4.90 Å². The van der Waals surface area contributed by atoms with Gasteiger partial charge < -0.3 is 10.6 Å². The second-order valence-corrected chi connectivity index (χ2v) is 4.27. The van der Waals surface area contributed by atoms with Crippen molar-refractivity contribution in [3.63, 3.8) is 0 Å². The molecule has 1 amide bonds. The molecule has 0 spiro atoms. The quantitative estimate of drug-likeness (QED) is 0.659. The van der Waals surface area contributed by atoms with Crippen molar-refractivity contribution in [1.29, 1.82) is 0 Å². The van der Waals surface area contributed by atoms with Crippen molar-refractivity contribution in [3.05, 3.63) is 0 Å². The predicted octanol–water partition coefficient (Wildman–Crippen LogP) is 0.594. The third-order valence-corrected chi connectivity index (χ3v) is 2.39. The number of amides is 1. The molecule has 1 fully saturated rings. The molecular weight excluding hydrogens is 152 g/mol. The summed E-state index contributed by atoms with van der Waals surface area (Å²) in [5, 5.41) is 0. The van der Waals surface area contributed by atoms with Crippen LogP contribution in [0.15, 0.2) is 0 Å². The van der Waals surface area contributed by atoms with E-state index in [4.69, 9.17) is 5.73 Å². The van der Waals surface area contributed by atoms with Crippen molar-refractivity contribution in [1.82, 2.24) is 4.90 Å². The zero-order valence-corrected chi connectivity index (χ0v) is 7.97. The molecule has 0 unspecified atom stereocenters. The summed E-state index contributed by atoms with van der Waals surface area (Å²) < 4.78 is 0. The maximum absolute atomic E-state index is 11.4. The van der Waals surface area contributed by atoms with Crippen LogP contribution in [0.25, 0.3) is 0 Å². The van der Waals surface area contributed by atoms with Gasteiger partial charge in [0.15, 0.2) is 0 Å². The summed E-state index contributed by atoms with van der Waals surface area (Å²) in [7, 11) is 0. The van der Waals surface area contributed by atoms with Crippen LogP contribution in [-0.4, -0.2) is 30.4 Å². The monoisotopic (exact) mass is 170 g/mol. The Balaban J connectivity index is 2.41. The van der Waals surface area contributed by atoms with Gasteiger partial charge in [-0.25, -0.2) is 0 Å². The number of hydrogen-bond acceptors (Lipinski definition) is 2. The first kappa shape index (κ1) is 9.52. The summed E-state index contributed by atoms with van der Waals surface area (Å²) in [6, 6.07) is 0. The lowest BCUT2D eigenvalue weighted by Crippen LogP contribution is -2.31. The van der Waals surface area contributed by atoms with Gasteiger partial charge in [-0.2, -0.15) is 0 Å². The van der Waals surface area contributed by atoms with Gasteiger partial charge in [-0.1, -0.05) is 13.8 Å². The van der Waals surface area contributed by atoms with Crippen LogP contribution in [0.5, 0.6) is 0 Å². The van der Waals surface area contributed by atoms with Crippen LogP contribution in [0.1, 0.15) is 26.7 Å². The number of likely N-dealkylation sites (tertiary alicyclic amines) is 1. The second kappa shape index (κ2) is 3.44. The van der Waals surface area contributed by atoms with Gasteiger partial charge >= 0.3 is 0 Å². The molecular formula is C9H18N2O. The highest BCUT2D eigenvalue weighted by molar-refractivity contribution is 5.76. The molecule has 0 aromatic rings. The molecule has 12 heavy (non-hydrogen) atoms.